The van der Waals surface area contributed by atoms with Crippen molar-refractivity contribution in [3.8, 4) is 0 Å². The van der Waals surface area contributed by atoms with Gasteiger partial charge in [-0.2, -0.15) is 0 Å². The van der Waals surface area contributed by atoms with Crippen molar-refractivity contribution in [2.75, 3.05) is 30.0 Å². The SMILES string of the molecule is CN1C(=O)CCc2cc(CN3CC(CO)Cc4ccccc43)ccc21. The van der Waals surface area contributed by atoms with Crippen LogP contribution in [0, 0.1) is 5.92 Å². The summed E-state index contributed by atoms with van der Waals surface area (Å²) in [5.74, 6) is 0.479. The van der Waals surface area contributed by atoms with Crippen LogP contribution >= 0.6 is 0 Å². The lowest BCUT2D eigenvalue weighted by atomic mass is 9.92. The Morgan fingerprint density at radius 2 is 1.92 bits per heavy atom. The Morgan fingerprint density at radius 1 is 1.08 bits per heavy atom. The summed E-state index contributed by atoms with van der Waals surface area (Å²) >= 11 is 0. The van der Waals surface area contributed by atoms with Gasteiger partial charge in [0.15, 0.2) is 0 Å². The van der Waals surface area contributed by atoms with Crippen LogP contribution in [0.15, 0.2) is 42.5 Å². The number of hydrogen-bond acceptors (Lipinski definition) is 3. The second-order valence-electron chi connectivity index (χ2n) is 7.18. The van der Waals surface area contributed by atoms with E-state index in [1.165, 1.54) is 22.4 Å². The number of para-hydroxylation sites is 1. The van der Waals surface area contributed by atoms with Gasteiger partial charge in [0, 0.05) is 50.5 Å². The standard InChI is InChI=1S/C21H24N2O2/c1-22-19-8-6-15(10-18(19)7-9-21(22)25)12-23-13-16(14-24)11-17-4-2-3-5-20(17)23/h2-6,8,10,16,24H,7,9,11-14H2,1H3. The van der Waals surface area contributed by atoms with E-state index >= 15 is 0 Å². The van der Waals surface area contributed by atoms with Crippen LogP contribution in [0.1, 0.15) is 23.1 Å². The van der Waals surface area contributed by atoms with Gasteiger partial charge in [-0.15, -0.1) is 0 Å². The number of carbonyl (C=O) groups is 1. The van der Waals surface area contributed by atoms with E-state index < -0.39 is 0 Å². The van der Waals surface area contributed by atoms with Crippen LogP contribution in [-0.4, -0.2) is 31.2 Å². The average Bonchev–Trinajstić information content (AvgIpc) is 2.64. The van der Waals surface area contributed by atoms with Crippen molar-refractivity contribution < 1.29 is 9.90 Å². The van der Waals surface area contributed by atoms with Gasteiger partial charge in [0.05, 0.1) is 0 Å². The van der Waals surface area contributed by atoms with Crippen molar-refractivity contribution in [2.45, 2.75) is 25.8 Å². The summed E-state index contributed by atoms with van der Waals surface area (Å²) in [4.78, 5) is 16.0. The molecule has 130 valence electrons. The third-order valence-corrected chi connectivity index (χ3v) is 5.44. The van der Waals surface area contributed by atoms with E-state index in [1.54, 1.807) is 4.90 Å². The molecule has 0 aliphatic carbocycles. The van der Waals surface area contributed by atoms with Gasteiger partial charge in [0.2, 0.25) is 5.91 Å². The first-order valence-electron chi connectivity index (χ1n) is 8.98. The zero-order chi connectivity index (χ0) is 17.4. The number of aliphatic hydroxyl groups is 1. The average molecular weight is 336 g/mol. The Bertz CT molecular complexity index is 802. The lowest BCUT2D eigenvalue weighted by molar-refractivity contribution is -0.118. The molecule has 0 saturated heterocycles. The number of carbonyl (C=O) groups excluding carboxylic acids is 1. The molecule has 4 nitrogen and oxygen atoms in total. The van der Waals surface area contributed by atoms with Crippen molar-refractivity contribution in [3.05, 3.63) is 59.2 Å². The summed E-state index contributed by atoms with van der Waals surface area (Å²) in [7, 11) is 1.85. The molecule has 0 bridgehead atoms. The van der Waals surface area contributed by atoms with Crippen LogP contribution in [0.2, 0.25) is 0 Å². The molecular formula is C21H24N2O2. The molecule has 1 N–H and O–H groups in total. The number of anilines is 2. The minimum Gasteiger partial charge on any atom is -0.396 e. The number of aryl methyl sites for hydroxylation is 1. The van der Waals surface area contributed by atoms with Gasteiger partial charge in [-0.05, 0) is 41.7 Å². The fourth-order valence-electron chi connectivity index (χ4n) is 4.08. The minimum atomic E-state index is 0.191. The molecule has 2 aliphatic heterocycles. The molecule has 2 aromatic rings. The molecule has 2 heterocycles. The molecule has 0 saturated carbocycles. The lowest BCUT2D eigenvalue weighted by Crippen LogP contribution is -2.36. The van der Waals surface area contributed by atoms with Crippen LogP contribution in [0.5, 0.6) is 0 Å². The first kappa shape index (κ1) is 16.2. The summed E-state index contributed by atoms with van der Waals surface area (Å²) in [5, 5.41) is 9.65. The molecule has 0 spiro atoms. The highest BCUT2D eigenvalue weighted by molar-refractivity contribution is 5.95. The lowest BCUT2D eigenvalue weighted by Gasteiger charge is -2.36. The van der Waals surface area contributed by atoms with Gasteiger partial charge in [0.25, 0.3) is 0 Å². The van der Waals surface area contributed by atoms with Gasteiger partial charge in [-0.1, -0.05) is 30.3 Å². The molecule has 1 atom stereocenters. The van der Waals surface area contributed by atoms with Gasteiger partial charge in [-0.25, -0.2) is 0 Å². The fraction of sp³-hybridized carbons (Fsp3) is 0.381. The molecule has 0 radical (unpaired) electrons. The zero-order valence-corrected chi connectivity index (χ0v) is 14.6. The predicted octanol–water partition coefficient (Wildman–Crippen LogP) is 2.77. The number of nitrogens with zero attached hydrogens (tertiary/aromatic N) is 2. The van der Waals surface area contributed by atoms with Crippen molar-refractivity contribution in [3.63, 3.8) is 0 Å². The van der Waals surface area contributed by atoms with E-state index in [0.29, 0.717) is 6.42 Å². The quantitative estimate of drug-likeness (QED) is 0.937. The maximum absolute atomic E-state index is 11.9. The highest BCUT2D eigenvalue weighted by Crippen LogP contribution is 2.32. The van der Waals surface area contributed by atoms with Crippen LogP contribution < -0.4 is 9.80 Å². The van der Waals surface area contributed by atoms with Gasteiger partial charge < -0.3 is 14.9 Å². The minimum absolute atomic E-state index is 0.191. The third-order valence-electron chi connectivity index (χ3n) is 5.44. The number of rotatable bonds is 3. The fourth-order valence-corrected chi connectivity index (χ4v) is 4.08. The van der Waals surface area contributed by atoms with Crippen LogP contribution in [0.25, 0.3) is 0 Å². The second-order valence-corrected chi connectivity index (χ2v) is 7.18. The Morgan fingerprint density at radius 3 is 2.76 bits per heavy atom. The largest absolute Gasteiger partial charge is 0.396 e. The van der Waals surface area contributed by atoms with E-state index in [0.717, 1.165) is 31.6 Å². The highest BCUT2D eigenvalue weighted by atomic mass is 16.3. The van der Waals surface area contributed by atoms with Crippen molar-refractivity contribution in [1.29, 1.82) is 0 Å². The molecule has 0 fully saturated rings. The number of aliphatic hydroxyl groups excluding tert-OH is 1. The molecule has 2 aromatic carbocycles. The molecule has 25 heavy (non-hydrogen) atoms. The molecule has 2 aliphatic rings. The van der Waals surface area contributed by atoms with Crippen molar-refractivity contribution in [1.82, 2.24) is 0 Å². The second kappa shape index (κ2) is 6.52. The molecule has 1 amide bonds. The van der Waals surface area contributed by atoms with Crippen molar-refractivity contribution in [2.24, 2.45) is 5.92 Å². The molecule has 4 heteroatoms. The van der Waals surface area contributed by atoms with Crippen LogP contribution in [0.3, 0.4) is 0 Å². The van der Waals surface area contributed by atoms with E-state index in [-0.39, 0.29) is 18.4 Å². The Labute approximate surface area is 148 Å². The number of fused-ring (bicyclic) bond motifs is 2. The summed E-state index contributed by atoms with van der Waals surface area (Å²) < 4.78 is 0. The van der Waals surface area contributed by atoms with E-state index in [9.17, 15) is 9.90 Å². The molecule has 0 aromatic heterocycles. The predicted molar refractivity (Wildman–Crippen MR) is 99.9 cm³/mol. The first-order chi connectivity index (χ1) is 12.2. The maximum atomic E-state index is 11.9. The zero-order valence-electron chi connectivity index (χ0n) is 14.6. The smallest absolute Gasteiger partial charge is 0.227 e. The highest BCUT2D eigenvalue weighted by Gasteiger charge is 2.25. The van der Waals surface area contributed by atoms with Crippen LogP contribution in [0.4, 0.5) is 11.4 Å². The van der Waals surface area contributed by atoms with E-state index in [1.807, 2.05) is 7.05 Å². The summed E-state index contributed by atoms with van der Waals surface area (Å²) in [6, 6.07) is 14.9. The summed E-state index contributed by atoms with van der Waals surface area (Å²) in [6.45, 7) is 1.93. The molecule has 1 unspecified atom stereocenters. The Balaban J connectivity index is 1.61. The number of hydrogen-bond donors (Lipinski definition) is 1. The monoisotopic (exact) mass is 336 g/mol. The Hall–Kier alpha value is -2.33. The van der Waals surface area contributed by atoms with E-state index in [4.69, 9.17) is 0 Å². The normalized spacial score (nSPS) is 19.6. The summed E-state index contributed by atoms with van der Waals surface area (Å²) in [6.07, 6.45) is 2.36. The van der Waals surface area contributed by atoms with Gasteiger partial charge in [-0.3, -0.25) is 4.79 Å². The van der Waals surface area contributed by atoms with Crippen molar-refractivity contribution >= 4 is 17.3 Å². The topological polar surface area (TPSA) is 43.8 Å². The van der Waals surface area contributed by atoms with Crippen LogP contribution in [-0.2, 0) is 24.2 Å². The maximum Gasteiger partial charge on any atom is 0.227 e. The van der Waals surface area contributed by atoms with E-state index in [2.05, 4.69) is 47.4 Å². The summed E-state index contributed by atoms with van der Waals surface area (Å²) in [5.41, 5.74) is 6.14. The van der Waals surface area contributed by atoms with Gasteiger partial charge in [0.1, 0.15) is 0 Å². The Kier molecular flexibility index (Phi) is 4.22. The number of amides is 1. The third kappa shape index (κ3) is 3.02. The van der Waals surface area contributed by atoms with Gasteiger partial charge >= 0.3 is 0 Å². The first-order valence-corrected chi connectivity index (χ1v) is 8.98. The number of benzene rings is 2. The molecular weight excluding hydrogens is 312 g/mol. The molecule has 4 rings (SSSR count).